The van der Waals surface area contributed by atoms with Crippen molar-refractivity contribution < 1.29 is 4.74 Å². The van der Waals surface area contributed by atoms with Crippen LogP contribution >= 0.6 is 11.6 Å². The molecule has 0 spiro atoms. The Bertz CT molecular complexity index is 910. The third-order valence-corrected chi connectivity index (χ3v) is 4.18. The lowest BCUT2D eigenvalue weighted by atomic mass is 10.1. The molecule has 0 bridgehead atoms. The molecule has 5 nitrogen and oxygen atoms in total. The van der Waals surface area contributed by atoms with Gasteiger partial charge in [0, 0.05) is 29.0 Å². The van der Waals surface area contributed by atoms with Gasteiger partial charge in [-0.3, -0.25) is 9.89 Å². The van der Waals surface area contributed by atoms with E-state index in [0.29, 0.717) is 23.7 Å². The zero-order valence-corrected chi connectivity index (χ0v) is 14.1. The van der Waals surface area contributed by atoms with E-state index in [4.69, 9.17) is 16.3 Å². The minimum Gasteiger partial charge on any atom is -0.378 e. The number of halogens is 1. The third-order valence-electron chi connectivity index (χ3n) is 3.93. The second-order valence-corrected chi connectivity index (χ2v) is 5.84. The molecule has 0 saturated carbocycles. The molecular weight excluding hydrogens is 314 g/mol. The number of hydrogen-bond acceptors (Lipinski definition) is 3. The summed E-state index contributed by atoms with van der Waals surface area (Å²) in [5, 5.41) is 3.80. The van der Waals surface area contributed by atoms with Crippen molar-refractivity contribution in [3.8, 4) is 11.1 Å². The zero-order chi connectivity index (χ0) is 16.6. The first-order chi connectivity index (χ1) is 11.1. The van der Waals surface area contributed by atoms with Crippen LogP contribution in [0.2, 0.25) is 5.02 Å². The molecule has 0 aliphatic heterocycles. The summed E-state index contributed by atoms with van der Waals surface area (Å²) in [5.74, 6) is 0. The van der Waals surface area contributed by atoms with Gasteiger partial charge in [0.1, 0.15) is 0 Å². The van der Waals surface area contributed by atoms with E-state index in [1.54, 1.807) is 7.11 Å². The minimum atomic E-state index is -0.0624. The molecule has 0 aliphatic carbocycles. The van der Waals surface area contributed by atoms with Gasteiger partial charge in [0.15, 0.2) is 5.65 Å². The van der Waals surface area contributed by atoms with Crippen molar-refractivity contribution in [3.05, 3.63) is 56.6 Å². The number of rotatable bonds is 4. The lowest BCUT2D eigenvalue weighted by molar-refractivity contribution is 0.181. The van der Waals surface area contributed by atoms with Crippen molar-refractivity contribution >= 4 is 17.2 Å². The molecule has 1 N–H and O–H groups in total. The average Bonchev–Trinajstić information content (AvgIpc) is 2.87. The number of nitrogens with zero attached hydrogens (tertiary/aromatic N) is 2. The highest BCUT2D eigenvalue weighted by molar-refractivity contribution is 6.30. The third kappa shape index (κ3) is 2.66. The molecule has 3 rings (SSSR count). The largest absolute Gasteiger partial charge is 0.378 e. The Morgan fingerprint density at radius 2 is 2.00 bits per heavy atom. The molecule has 1 aromatic carbocycles. The molecule has 0 unspecified atom stereocenters. The van der Waals surface area contributed by atoms with E-state index in [9.17, 15) is 4.79 Å². The van der Waals surface area contributed by atoms with Gasteiger partial charge in [0.2, 0.25) is 0 Å². The molecule has 23 heavy (non-hydrogen) atoms. The minimum absolute atomic E-state index is 0.0624. The molecule has 2 aromatic heterocycles. The maximum atomic E-state index is 12.7. The van der Waals surface area contributed by atoms with Gasteiger partial charge < -0.3 is 4.74 Å². The number of aryl methyl sites for hydroxylation is 1. The molecule has 0 atom stereocenters. The SMILES string of the molecule is CCc1c(C)nc2c(-c3ccc(Cl)cc3)c(COC)[nH]n2c1=O. The predicted molar refractivity (Wildman–Crippen MR) is 91.1 cm³/mol. The molecule has 2 heterocycles. The number of methoxy groups -OCH3 is 1. The zero-order valence-electron chi connectivity index (χ0n) is 13.3. The number of H-pyrrole nitrogens is 1. The first-order valence-corrected chi connectivity index (χ1v) is 7.82. The van der Waals surface area contributed by atoms with Crippen LogP contribution < -0.4 is 5.56 Å². The summed E-state index contributed by atoms with van der Waals surface area (Å²) in [7, 11) is 1.62. The van der Waals surface area contributed by atoms with Gasteiger partial charge in [-0.1, -0.05) is 30.7 Å². The summed E-state index contributed by atoms with van der Waals surface area (Å²) in [5.41, 5.74) is 4.65. The van der Waals surface area contributed by atoms with Crippen LogP contribution in [0.5, 0.6) is 0 Å². The van der Waals surface area contributed by atoms with Crippen LogP contribution in [0.1, 0.15) is 23.9 Å². The number of hydrogen-bond donors (Lipinski definition) is 1. The first-order valence-electron chi connectivity index (χ1n) is 7.44. The van der Waals surface area contributed by atoms with Gasteiger partial charge >= 0.3 is 0 Å². The van der Waals surface area contributed by atoms with Crippen LogP contribution in [0.3, 0.4) is 0 Å². The fraction of sp³-hybridized carbons (Fsp3) is 0.294. The van der Waals surface area contributed by atoms with Gasteiger partial charge in [-0.25, -0.2) is 9.50 Å². The summed E-state index contributed by atoms with van der Waals surface area (Å²) >= 11 is 5.98. The first kappa shape index (κ1) is 15.8. The van der Waals surface area contributed by atoms with Gasteiger partial charge in [0.25, 0.3) is 5.56 Å². The molecule has 3 aromatic rings. The Balaban J connectivity index is 2.36. The second-order valence-electron chi connectivity index (χ2n) is 5.40. The van der Waals surface area contributed by atoms with Crippen molar-refractivity contribution in [1.82, 2.24) is 14.6 Å². The number of benzene rings is 1. The Morgan fingerprint density at radius 3 is 2.61 bits per heavy atom. The maximum Gasteiger partial charge on any atom is 0.276 e. The monoisotopic (exact) mass is 331 g/mol. The molecule has 0 saturated heterocycles. The van der Waals surface area contributed by atoms with Crippen LogP contribution in [0.15, 0.2) is 29.1 Å². The molecule has 0 fully saturated rings. The van der Waals surface area contributed by atoms with Crippen LogP contribution in [0.4, 0.5) is 0 Å². The van der Waals surface area contributed by atoms with Gasteiger partial charge in [-0.2, -0.15) is 0 Å². The van der Waals surface area contributed by atoms with Crippen LogP contribution in [0.25, 0.3) is 16.8 Å². The topological polar surface area (TPSA) is 59.4 Å². The van der Waals surface area contributed by atoms with Crippen molar-refractivity contribution in [3.63, 3.8) is 0 Å². The van der Waals surface area contributed by atoms with Gasteiger partial charge in [0.05, 0.1) is 12.3 Å². The van der Waals surface area contributed by atoms with Crippen molar-refractivity contribution in [1.29, 1.82) is 0 Å². The average molecular weight is 332 g/mol. The normalized spacial score (nSPS) is 11.3. The summed E-state index contributed by atoms with van der Waals surface area (Å²) in [6, 6.07) is 7.48. The standard InChI is InChI=1S/C17H18ClN3O2/c1-4-13-10(2)19-16-15(11-5-7-12(18)8-6-11)14(9-23-3)20-21(16)17(13)22/h5-8,20H,4,9H2,1-3H3. The number of ether oxygens (including phenoxy) is 1. The van der Waals surface area contributed by atoms with E-state index in [0.717, 1.165) is 28.1 Å². The summed E-state index contributed by atoms with van der Waals surface area (Å²) in [4.78, 5) is 17.3. The number of aromatic amines is 1. The summed E-state index contributed by atoms with van der Waals surface area (Å²) in [6.07, 6.45) is 0.648. The lowest BCUT2D eigenvalue weighted by Gasteiger charge is -2.05. The number of aromatic nitrogens is 3. The van der Waals surface area contributed by atoms with E-state index in [-0.39, 0.29) is 5.56 Å². The van der Waals surface area contributed by atoms with Crippen LogP contribution in [-0.2, 0) is 17.8 Å². The molecule has 0 radical (unpaired) electrons. The summed E-state index contributed by atoms with van der Waals surface area (Å²) < 4.78 is 6.77. The van der Waals surface area contributed by atoms with E-state index in [1.165, 1.54) is 4.52 Å². The molecule has 120 valence electrons. The number of fused-ring (bicyclic) bond motifs is 1. The van der Waals surface area contributed by atoms with Crippen molar-refractivity contribution in [2.24, 2.45) is 0 Å². The van der Waals surface area contributed by atoms with Crippen molar-refractivity contribution in [2.45, 2.75) is 26.9 Å². The van der Waals surface area contributed by atoms with E-state index < -0.39 is 0 Å². The Hall–Kier alpha value is -2.11. The van der Waals surface area contributed by atoms with Crippen LogP contribution in [-0.4, -0.2) is 21.7 Å². The summed E-state index contributed by atoms with van der Waals surface area (Å²) in [6.45, 7) is 4.19. The van der Waals surface area contributed by atoms with Gasteiger partial charge in [-0.05, 0) is 31.0 Å². The highest BCUT2D eigenvalue weighted by atomic mass is 35.5. The molecular formula is C17H18ClN3O2. The van der Waals surface area contributed by atoms with Crippen LogP contribution in [0, 0.1) is 6.92 Å². The molecule has 0 aliphatic rings. The fourth-order valence-corrected chi connectivity index (χ4v) is 2.96. The van der Waals surface area contributed by atoms with Gasteiger partial charge in [-0.15, -0.1) is 0 Å². The smallest absolute Gasteiger partial charge is 0.276 e. The van der Waals surface area contributed by atoms with Crippen molar-refractivity contribution in [2.75, 3.05) is 7.11 Å². The quantitative estimate of drug-likeness (QED) is 0.797. The Morgan fingerprint density at radius 1 is 1.30 bits per heavy atom. The van der Waals surface area contributed by atoms with E-state index in [2.05, 4.69) is 10.1 Å². The number of nitrogens with one attached hydrogen (secondary N) is 1. The second kappa shape index (κ2) is 6.18. The molecule has 0 amide bonds. The van der Waals surface area contributed by atoms with E-state index in [1.807, 2.05) is 38.1 Å². The maximum absolute atomic E-state index is 12.7. The highest BCUT2D eigenvalue weighted by Crippen LogP contribution is 2.29. The predicted octanol–water partition coefficient (Wildman–Crippen LogP) is 3.36. The Kier molecular flexibility index (Phi) is 4.24. The van der Waals surface area contributed by atoms with E-state index >= 15 is 0 Å². The fourth-order valence-electron chi connectivity index (χ4n) is 2.84. The molecule has 6 heteroatoms. The Labute approximate surface area is 138 Å². The highest BCUT2D eigenvalue weighted by Gasteiger charge is 2.18. The lowest BCUT2D eigenvalue weighted by Crippen LogP contribution is -2.21.